The van der Waals surface area contributed by atoms with Crippen LogP contribution in [-0.4, -0.2) is 60.0 Å². The van der Waals surface area contributed by atoms with Gasteiger partial charge in [-0.1, -0.05) is 30.3 Å². The van der Waals surface area contributed by atoms with Crippen LogP contribution in [0.25, 0.3) is 0 Å². The van der Waals surface area contributed by atoms with Gasteiger partial charge in [-0.2, -0.15) is 4.39 Å². The summed E-state index contributed by atoms with van der Waals surface area (Å²) >= 11 is 0. The van der Waals surface area contributed by atoms with Crippen molar-refractivity contribution < 1.29 is 9.18 Å². The highest BCUT2D eigenvalue weighted by atomic mass is 19.1. The molecule has 0 atom stereocenters. The Labute approximate surface area is 160 Å². The molecular formula is C21H27FN4O. The zero-order valence-electron chi connectivity index (χ0n) is 15.6. The quantitative estimate of drug-likeness (QED) is 0.573. The average Bonchev–Trinajstić information content (AvgIpc) is 2.69. The first-order valence-electron chi connectivity index (χ1n) is 9.59. The molecule has 1 aliphatic heterocycles. The number of hydrogen-bond acceptors (Lipinski definition) is 4. The van der Waals surface area contributed by atoms with Gasteiger partial charge in [-0.25, -0.2) is 4.98 Å². The largest absolute Gasteiger partial charge is 0.352 e. The molecule has 1 aromatic carbocycles. The van der Waals surface area contributed by atoms with Crippen molar-refractivity contribution in [3.63, 3.8) is 0 Å². The number of aromatic nitrogens is 1. The summed E-state index contributed by atoms with van der Waals surface area (Å²) in [7, 11) is 0. The lowest BCUT2D eigenvalue weighted by atomic mass is 10.2. The summed E-state index contributed by atoms with van der Waals surface area (Å²) in [6, 6.07) is 13.3. The smallest absolute Gasteiger partial charge is 0.251 e. The summed E-state index contributed by atoms with van der Waals surface area (Å²) in [4.78, 5) is 20.4. The Kier molecular flexibility index (Phi) is 7.30. The third kappa shape index (κ3) is 6.41. The molecule has 0 unspecified atom stereocenters. The van der Waals surface area contributed by atoms with Crippen LogP contribution in [0.2, 0.25) is 0 Å². The van der Waals surface area contributed by atoms with E-state index in [4.69, 9.17) is 0 Å². The summed E-state index contributed by atoms with van der Waals surface area (Å²) in [5, 5.41) is 2.84. The van der Waals surface area contributed by atoms with Crippen molar-refractivity contribution in [3.8, 4) is 0 Å². The Morgan fingerprint density at radius 2 is 1.78 bits per heavy atom. The summed E-state index contributed by atoms with van der Waals surface area (Å²) in [5.74, 6) is -0.875. The number of halogens is 1. The first-order valence-corrected chi connectivity index (χ1v) is 9.59. The molecule has 5 nitrogen and oxygen atoms in total. The first kappa shape index (κ1) is 19.5. The number of hydrogen-bond donors (Lipinski definition) is 1. The number of pyridine rings is 1. The maximum absolute atomic E-state index is 13.0. The molecule has 0 spiro atoms. The highest BCUT2D eigenvalue weighted by Crippen LogP contribution is 2.09. The van der Waals surface area contributed by atoms with Gasteiger partial charge in [-0.05, 0) is 31.0 Å². The lowest BCUT2D eigenvalue weighted by Crippen LogP contribution is -2.46. The van der Waals surface area contributed by atoms with E-state index in [1.807, 2.05) is 0 Å². The van der Waals surface area contributed by atoms with Crippen molar-refractivity contribution in [1.29, 1.82) is 0 Å². The number of rotatable bonds is 8. The van der Waals surface area contributed by atoms with Gasteiger partial charge < -0.3 is 10.2 Å². The Bertz CT molecular complexity index is 717. The first-order chi connectivity index (χ1) is 13.2. The minimum Gasteiger partial charge on any atom is -0.352 e. The maximum atomic E-state index is 13.0. The number of nitrogens with zero attached hydrogens (tertiary/aromatic N) is 3. The van der Waals surface area contributed by atoms with E-state index >= 15 is 0 Å². The molecule has 6 heteroatoms. The second-order valence-electron chi connectivity index (χ2n) is 6.93. The fourth-order valence-corrected chi connectivity index (χ4v) is 3.32. The van der Waals surface area contributed by atoms with Crippen molar-refractivity contribution in [3.05, 3.63) is 65.7 Å². The SMILES string of the molecule is O=C(NCCCCN1CCN(Cc2ccccc2)CC1)c1ccnc(F)c1. The third-order valence-corrected chi connectivity index (χ3v) is 4.89. The Morgan fingerprint density at radius 1 is 1.04 bits per heavy atom. The average molecular weight is 370 g/mol. The molecule has 1 aromatic heterocycles. The van der Waals surface area contributed by atoms with E-state index in [1.165, 1.54) is 17.8 Å². The molecule has 2 aromatic rings. The Balaban J connectivity index is 1.27. The van der Waals surface area contributed by atoms with Crippen LogP contribution in [0.1, 0.15) is 28.8 Å². The van der Waals surface area contributed by atoms with E-state index in [1.54, 1.807) is 0 Å². The molecule has 1 amide bonds. The van der Waals surface area contributed by atoms with Crippen molar-refractivity contribution in [2.75, 3.05) is 39.3 Å². The van der Waals surface area contributed by atoms with Gasteiger partial charge in [0, 0.05) is 57.1 Å². The number of carbonyl (C=O) groups is 1. The number of carbonyl (C=O) groups excluding carboxylic acids is 1. The van der Waals surface area contributed by atoms with E-state index in [0.717, 1.165) is 58.2 Å². The second-order valence-corrected chi connectivity index (χ2v) is 6.93. The number of nitrogens with one attached hydrogen (secondary N) is 1. The van der Waals surface area contributed by atoms with Gasteiger partial charge in [0.1, 0.15) is 0 Å². The molecule has 0 radical (unpaired) electrons. The molecule has 144 valence electrons. The van der Waals surface area contributed by atoms with Crippen LogP contribution in [0.4, 0.5) is 4.39 Å². The molecule has 3 rings (SSSR count). The normalized spacial score (nSPS) is 15.6. The lowest BCUT2D eigenvalue weighted by molar-refractivity contribution is 0.0950. The van der Waals surface area contributed by atoms with Gasteiger partial charge in [0.15, 0.2) is 0 Å². The molecule has 0 bridgehead atoms. The highest BCUT2D eigenvalue weighted by molar-refractivity contribution is 5.93. The van der Waals surface area contributed by atoms with Crippen LogP contribution >= 0.6 is 0 Å². The lowest BCUT2D eigenvalue weighted by Gasteiger charge is -2.34. The van der Waals surface area contributed by atoms with Gasteiger partial charge >= 0.3 is 0 Å². The number of benzene rings is 1. The van der Waals surface area contributed by atoms with Crippen LogP contribution in [0.5, 0.6) is 0 Å². The van der Waals surface area contributed by atoms with E-state index in [-0.39, 0.29) is 5.91 Å². The molecule has 0 aliphatic carbocycles. The van der Waals surface area contributed by atoms with Crippen molar-refractivity contribution in [2.24, 2.45) is 0 Å². The standard InChI is InChI=1S/C21H27FN4O/c22-20-16-19(8-10-23-20)21(27)24-9-4-5-11-25-12-14-26(15-13-25)17-18-6-2-1-3-7-18/h1-3,6-8,10,16H,4-5,9,11-15,17H2,(H,24,27). The summed E-state index contributed by atoms with van der Waals surface area (Å²) in [5.41, 5.74) is 1.69. The topological polar surface area (TPSA) is 48.5 Å². The van der Waals surface area contributed by atoms with E-state index in [9.17, 15) is 9.18 Å². The second kappa shape index (κ2) is 10.1. The van der Waals surface area contributed by atoms with Crippen LogP contribution < -0.4 is 5.32 Å². The van der Waals surface area contributed by atoms with Crippen LogP contribution in [0.15, 0.2) is 48.7 Å². The predicted molar refractivity (Wildman–Crippen MR) is 104 cm³/mol. The van der Waals surface area contributed by atoms with Crippen LogP contribution in [0.3, 0.4) is 0 Å². The molecule has 1 fully saturated rings. The van der Waals surface area contributed by atoms with Crippen molar-refractivity contribution in [1.82, 2.24) is 20.1 Å². The van der Waals surface area contributed by atoms with Gasteiger partial charge in [0.05, 0.1) is 0 Å². The highest BCUT2D eigenvalue weighted by Gasteiger charge is 2.16. The zero-order chi connectivity index (χ0) is 18.9. The monoisotopic (exact) mass is 370 g/mol. The van der Waals surface area contributed by atoms with E-state index in [0.29, 0.717) is 12.1 Å². The summed E-state index contributed by atoms with van der Waals surface area (Å²) in [6.45, 7) is 7.06. The Morgan fingerprint density at radius 3 is 2.52 bits per heavy atom. The zero-order valence-corrected chi connectivity index (χ0v) is 15.6. The Hall–Kier alpha value is -2.31. The van der Waals surface area contributed by atoms with E-state index < -0.39 is 5.95 Å². The molecular weight excluding hydrogens is 343 g/mol. The minimum atomic E-state index is -0.631. The van der Waals surface area contributed by atoms with Crippen LogP contribution in [0, 0.1) is 5.95 Å². The molecule has 1 saturated heterocycles. The number of amides is 1. The van der Waals surface area contributed by atoms with Gasteiger partial charge in [0.25, 0.3) is 5.91 Å². The maximum Gasteiger partial charge on any atom is 0.251 e. The van der Waals surface area contributed by atoms with Gasteiger partial charge in [-0.3, -0.25) is 9.69 Å². The number of unbranched alkanes of at least 4 members (excludes halogenated alkanes) is 1. The fourth-order valence-electron chi connectivity index (χ4n) is 3.32. The molecule has 2 heterocycles. The number of piperazine rings is 1. The molecule has 27 heavy (non-hydrogen) atoms. The van der Waals surface area contributed by atoms with Gasteiger partial charge in [0.2, 0.25) is 5.95 Å². The van der Waals surface area contributed by atoms with Crippen molar-refractivity contribution in [2.45, 2.75) is 19.4 Å². The summed E-state index contributed by atoms with van der Waals surface area (Å²) in [6.07, 6.45) is 3.27. The summed E-state index contributed by atoms with van der Waals surface area (Å²) < 4.78 is 13.0. The van der Waals surface area contributed by atoms with Crippen LogP contribution in [-0.2, 0) is 6.54 Å². The third-order valence-electron chi connectivity index (χ3n) is 4.89. The fraction of sp³-hybridized carbons (Fsp3) is 0.429. The minimum absolute atomic E-state index is 0.245. The molecule has 0 saturated carbocycles. The predicted octanol–water partition coefficient (Wildman–Crippen LogP) is 2.55. The van der Waals surface area contributed by atoms with Crippen molar-refractivity contribution >= 4 is 5.91 Å². The molecule has 1 aliphatic rings. The van der Waals surface area contributed by atoms with Gasteiger partial charge in [-0.15, -0.1) is 0 Å². The molecule has 1 N–H and O–H groups in total. The van der Waals surface area contributed by atoms with E-state index in [2.05, 4.69) is 50.4 Å².